The van der Waals surface area contributed by atoms with Crippen LogP contribution < -0.4 is 113 Å². The van der Waals surface area contributed by atoms with Crippen LogP contribution in [-0.4, -0.2) is 252 Å². The second-order valence-corrected chi connectivity index (χ2v) is 44.4. The lowest BCUT2D eigenvalue weighted by molar-refractivity contribution is -0.746. The number of imidazole rings is 2. The van der Waals surface area contributed by atoms with Crippen LogP contribution >= 0.6 is 31.3 Å². The smallest absolute Gasteiger partial charge is 0.407 e. The molecule has 4 unspecified atom stereocenters. The molecule has 150 heavy (non-hydrogen) atoms. The molecule has 4 aromatic heterocycles. The minimum Gasteiger partial charge on any atom is -0.756 e. The van der Waals surface area contributed by atoms with E-state index in [0.717, 1.165) is 107 Å². The number of carbonyl (C=O) groups excluding carboxylic acids is 6. The lowest BCUT2D eigenvalue weighted by atomic mass is 9.68. The maximum atomic E-state index is 14.5. The van der Waals surface area contributed by atoms with Crippen LogP contribution in [0, 0.1) is 0 Å². The van der Waals surface area contributed by atoms with Gasteiger partial charge in [-0.15, -0.1) is 0 Å². The van der Waals surface area contributed by atoms with Gasteiger partial charge in [-0.2, -0.15) is 0 Å². The number of ether oxygens (including phenoxy) is 4. The first-order chi connectivity index (χ1) is 70.8. The number of phosphoric acid groups is 4. The number of aryl methyl sites for hydroxylation is 4. The van der Waals surface area contributed by atoms with Crippen LogP contribution in [0.3, 0.4) is 0 Å². The fourth-order valence-electron chi connectivity index (χ4n) is 20.3. The van der Waals surface area contributed by atoms with E-state index in [9.17, 15) is 86.4 Å². The molecule has 0 bridgehead atoms. The van der Waals surface area contributed by atoms with Gasteiger partial charge in [0.05, 0.1) is 27.3 Å². The summed E-state index contributed by atoms with van der Waals surface area (Å²) in [6.07, 6.45) is -8.14. The highest BCUT2D eigenvalue weighted by Crippen LogP contribution is 2.55. The van der Waals surface area contributed by atoms with Gasteiger partial charge in [-0.3, -0.25) is 66.1 Å². The van der Waals surface area contributed by atoms with E-state index in [0.29, 0.717) is 24.0 Å². The van der Waals surface area contributed by atoms with Crippen molar-refractivity contribution in [3.8, 4) is 0 Å². The van der Waals surface area contributed by atoms with E-state index < -0.39 is 117 Å². The predicted molar refractivity (Wildman–Crippen MR) is 539 cm³/mol. The zero-order valence-corrected chi connectivity index (χ0v) is 88.8. The standard InChI is InChI=1S/2C49H62N10O14P2/c1-8-58-22-11-13-28-23-33-35(25-36(28)58)49(2,3)34-24-29(55(4)5)17-18-32(34)39(33)30-14-9-10-15-31(30)45(63)56(6)21-12-16-38(60)51-19-20-52-48(64)72-42-37(26-70-75(68,69)73-74(65,66)67)71-46(41(42)61)59-27-57(7)40-43(59)53-47(50)54-44(40)62;1-8-58-22-11-13-28-23-33-35(25-36(28)58)49(2,3)34-24-29(55(4)5)17-18-32(34)39(33)30-14-9-10-15-31(30)45(63)56(6)21-12-16-38(60)51-19-20-52-48(64)72-42-41(61)37(26-70-75(68,69)73-74(65,66)67)71-46(42)59-27-57(7)40-43(59)53-47(50)54-44(40)62/h2*9-10,14-15,17-18,23-25,27,37,41-42,46,61H,8,11-13,16,19-22,26H2,1-7H3,(H6-2,50,51,52,53,54,60,62,64,65,66,67,68,69)/t2*37-,41-,42-,46-/m11/s1. The topological polar surface area (TPSA) is 646 Å². The summed E-state index contributed by atoms with van der Waals surface area (Å²) in [4.78, 5) is 191. The molecule has 6 amide bonds. The molecule has 48 nitrogen and oxygen atoms in total. The highest BCUT2D eigenvalue weighted by Gasteiger charge is 2.53. The van der Waals surface area contributed by atoms with E-state index in [1.54, 1.807) is 23.9 Å². The largest absolute Gasteiger partial charge is 0.756 e. The molecule has 2 saturated heterocycles. The number of benzene rings is 6. The summed E-state index contributed by atoms with van der Waals surface area (Å²) in [5.41, 5.74) is 25.7. The first kappa shape index (κ1) is 111. The lowest BCUT2D eigenvalue weighted by Gasteiger charge is -2.36. The summed E-state index contributed by atoms with van der Waals surface area (Å²) in [5.74, 6) is -1.70. The van der Waals surface area contributed by atoms with Gasteiger partial charge in [-0.05, 0) is 154 Å². The van der Waals surface area contributed by atoms with E-state index >= 15 is 0 Å². The highest BCUT2D eigenvalue weighted by molar-refractivity contribution is 7.59. The van der Waals surface area contributed by atoms with Crippen molar-refractivity contribution < 1.29 is 132 Å². The summed E-state index contributed by atoms with van der Waals surface area (Å²) in [7, 11) is -8.57. The fraction of sp³-hybridized carbons (Fsp3) is 0.449. The summed E-state index contributed by atoms with van der Waals surface area (Å²) >= 11 is 0. The molecule has 10 aromatic rings. The number of alkyl carbamates (subject to hydrolysis) is 2. The number of aliphatic hydroxyl groups is 2. The third-order valence-electron chi connectivity index (χ3n) is 27.7. The molecular formula is C98H124N20O28P4. The number of hydrogen-bond acceptors (Lipinski definition) is 32. The van der Waals surface area contributed by atoms with Crippen molar-refractivity contribution in [3.63, 3.8) is 0 Å². The van der Waals surface area contributed by atoms with E-state index in [2.05, 4.69) is 180 Å². The number of anilines is 4. The molecule has 12 atom stereocenters. The molecule has 6 aromatic carbocycles. The number of carbonyl (C=O) groups is 6. The van der Waals surface area contributed by atoms with Gasteiger partial charge in [0.25, 0.3) is 66.1 Å². The van der Waals surface area contributed by atoms with E-state index in [1.807, 2.05) is 76.7 Å². The number of nitrogens with two attached hydrogens (primary N) is 2. The van der Waals surface area contributed by atoms with Gasteiger partial charge in [0.15, 0.2) is 31.0 Å². The number of phosphoric ester groups is 2. The second-order valence-electron chi connectivity index (χ2n) is 38.9. The molecule has 0 radical (unpaired) electrons. The van der Waals surface area contributed by atoms with E-state index in [-0.39, 0.29) is 121 Å². The SMILES string of the molecule is CC[N+]1=c2cc3c(cc2CCC1)=C(c1ccccc1C(=O)N(C)CCCC(=O)NCCNC(=O)O[C@@H]1[C@H](O)[C@@H](COP(=O)([O-])OP(=O)([O-])O)O[C@H]1[n+]1cn(C)c2c(=O)[nH]c(N)nc21)c1ccc(N(C)C)cc1C3(C)C.CC[N+]1=c2cc3c(cc2CCC1)=C(c1ccccc1C(=O)N(C)CCCC(=O)NCCNC(=O)O[C@H]1[C@@H](O)[C@H]([n+]2cn(C)c4c(=O)[nH]c(N)nc42)O[C@@H]1COP(=O)([O-])OP(=O)([O-])O)c1ccc(N(C)C)cc1C3(C)C. The van der Waals surface area contributed by atoms with Crippen molar-refractivity contribution in [1.82, 2.24) is 69.3 Å². The summed E-state index contributed by atoms with van der Waals surface area (Å²) < 4.78 is 95.1. The van der Waals surface area contributed by atoms with Crippen molar-refractivity contribution >= 4 is 124 Å². The van der Waals surface area contributed by atoms with Gasteiger partial charge < -0.3 is 120 Å². The Balaban J connectivity index is 0.000000224. The predicted octanol–water partition coefficient (Wildman–Crippen LogP) is -0.950. The Kier molecular flexibility index (Phi) is 33.5. The number of aromatic nitrogens is 8. The number of aliphatic hydroxyl groups excluding tert-OH is 2. The number of nitrogen functional groups attached to an aromatic ring is 2. The Morgan fingerprint density at radius 3 is 1.33 bits per heavy atom. The monoisotopic (exact) mass is 2150 g/mol. The van der Waals surface area contributed by atoms with Crippen LogP contribution in [0.1, 0.15) is 169 Å². The number of nitrogens with one attached hydrogen (secondary N) is 6. The number of amides is 6. The quantitative estimate of drug-likeness (QED) is 0.0128. The molecule has 6 aliphatic rings. The van der Waals surface area contributed by atoms with Crippen molar-refractivity contribution in [2.75, 3.05) is 142 Å². The van der Waals surface area contributed by atoms with Crippen LogP contribution in [0.5, 0.6) is 0 Å². The van der Waals surface area contributed by atoms with Crippen molar-refractivity contribution in [2.45, 2.75) is 153 Å². The molecule has 0 saturated carbocycles. The maximum absolute atomic E-state index is 14.5. The van der Waals surface area contributed by atoms with Gasteiger partial charge in [0.2, 0.25) is 46.0 Å². The van der Waals surface area contributed by atoms with Gasteiger partial charge in [-0.1, -0.05) is 86.2 Å². The van der Waals surface area contributed by atoms with Gasteiger partial charge in [0.1, 0.15) is 44.5 Å². The minimum atomic E-state index is -5.82. The number of nitrogens with zero attached hydrogens (tertiary/aromatic N) is 12. The van der Waals surface area contributed by atoms with Crippen LogP contribution in [0.2, 0.25) is 0 Å². The Morgan fingerprint density at radius 2 is 0.920 bits per heavy atom. The molecule has 16 rings (SSSR count). The lowest BCUT2D eigenvalue weighted by Crippen LogP contribution is -2.49. The Hall–Kier alpha value is -12.7. The average Bonchev–Trinajstić information content (AvgIpc) is 1.63. The normalized spacial score (nSPS) is 20.3. The molecule has 2 aliphatic carbocycles. The molecule has 4 aliphatic heterocycles. The van der Waals surface area contributed by atoms with Gasteiger partial charge in [0, 0.05) is 164 Å². The Morgan fingerprint density at radius 1 is 0.527 bits per heavy atom. The van der Waals surface area contributed by atoms with Crippen LogP contribution in [0.25, 0.3) is 33.5 Å². The highest BCUT2D eigenvalue weighted by atomic mass is 31.3. The third-order valence-corrected chi connectivity index (χ3v) is 31.8. The number of aromatic amines is 2. The fourth-order valence-corrected chi connectivity index (χ4v) is 23.4. The van der Waals surface area contributed by atoms with E-state index in [4.69, 9.17) is 40.2 Å². The molecule has 8 heterocycles. The van der Waals surface area contributed by atoms with Gasteiger partial charge in [-0.25, -0.2) is 36.5 Å². The molecule has 0 spiro atoms. The Bertz CT molecular complexity index is 7590. The first-order valence-corrected chi connectivity index (χ1v) is 54.6. The summed E-state index contributed by atoms with van der Waals surface area (Å²) in [6.45, 7) is 15.2. The maximum Gasteiger partial charge on any atom is 0.407 e. The molecule has 2 fully saturated rings. The number of rotatable bonds is 36. The van der Waals surface area contributed by atoms with Crippen LogP contribution in [0.4, 0.5) is 32.9 Å². The second kappa shape index (κ2) is 45.1. The zero-order chi connectivity index (χ0) is 109. The van der Waals surface area contributed by atoms with Crippen molar-refractivity contribution in [2.24, 2.45) is 14.1 Å². The zero-order valence-electron chi connectivity index (χ0n) is 85.2. The van der Waals surface area contributed by atoms with Crippen molar-refractivity contribution in [3.05, 3.63) is 230 Å². The van der Waals surface area contributed by atoms with E-state index in [1.165, 1.54) is 89.1 Å². The van der Waals surface area contributed by atoms with Gasteiger partial charge >= 0.3 is 23.5 Å². The summed E-state index contributed by atoms with van der Waals surface area (Å²) in [5, 5.41) is 37.6. The number of hydrogen-bond donors (Lipinski definition) is 12. The third kappa shape index (κ3) is 24.3. The molecule has 52 heteroatoms. The Labute approximate surface area is 860 Å². The number of H-pyrrole nitrogens is 2. The summed E-state index contributed by atoms with van der Waals surface area (Å²) in [6, 6.07) is 37.8. The number of fused-ring (bicyclic) bond motifs is 8. The van der Waals surface area contributed by atoms with Crippen molar-refractivity contribution in [1.29, 1.82) is 0 Å². The minimum absolute atomic E-state index is 0.00193. The molecule has 14 N–H and O–H groups in total. The van der Waals surface area contributed by atoms with Crippen LogP contribution in [-0.2, 0) is 102 Å². The molecular weight excluding hydrogens is 2030 g/mol. The van der Waals surface area contributed by atoms with Crippen LogP contribution in [0.15, 0.2) is 131 Å². The first-order valence-electron chi connectivity index (χ1n) is 48.7. The molecule has 804 valence electrons. The average molecular weight is 2150 g/mol.